The minimum Gasteiger partial charge on any atom is -0.465 e. The van der Waals surface area contributed by atoms with Gasteiger partial charge in [-0.2, -0.15) is 0 Å². The number of carbonyl (C=O) groups excluding carboxylic acids is 1. The molecular formula is C18H17NO2S. The predicted octanol–water partition coefficient (Wildman–Crippen LogP) is 4.87. The first-order valence-corrected chi connectivity index (χ1v) is 7.99. The first-order chi connectivity index (χ1) is 10.6. The molecule has 0 saturated heterocycles. The van der Waals surface area contributed by atoms with Crippen LogP contribution in [-0.2, 0) is 4.74 Å². The van der Waals surface area contributed by atoms with Crippen molar-refractivity contribution in [3.63, 3.8) is 0 Å². The third-order valence-corrected chi connectivity index (χ3v) is 4.72. The fraction of sp³-hybridized carbons (Fsp3) is 0.222. The number of thiazole rings is 1. The van der Waals surface area contributed by atoms with Crippen LogP contribution in [0.5, 0.6) is 0 Å². The molecule has 0 amide bonds. The highest BCUT2D eigenvalue weighted by Crippen LogP contribution is 2.31. The maximum atomic E-state index is 11.6. The van der Waals surface area contributed by atoms with E-state index in [0.29, 0.717) is 11.5 Å². The minimum atomic E-state index is -0.335. The number of aromatic nitrogens is 1. The molecule has 0 fully saturated rings. The van der Waals surface area contributed by atoms with Gasteiger partial charge >= 0.3 is 5.97 Å². The first-order valence-electron chi connectivity index (χ1n) is 7.17. The minimum absolute atomic E-state index is 0.335. The summed E-state index contributed by atoms with van der Waals surface area (Å²) in [4.78, 5) is 16.2. The van der Waals surface area contributed by atoms with Gasteiger partial charge in [-0.05, 0) is 29.7 Å². The number of benzene rings is 2. The maximum absolute atomic E-state index is 11.6. The molecule has 3 rings (SSSR count). The van der Waals surface area contributed by atoms with Crippen molar-refractivity contribution < 1.29 is 9.53 Å². The lowest BCUT2D eigenvalue weighted by atomic mass is 10.0. The van der Waals surface area contributed by atoms with E-state index in [9.17, 15) is 4.79 Å². The van der Waals surface area contributed by atoms with Gasteiger partial charge in [0.15, 0.2) is 0 Å². The molecule has 22 heavy (non-hydrogen) atoms. The molecule has 4 heteroatoms. The normalized spacial score (nSPS) is 11.1. The van der Waals surface area contributed by atoms with Crippen LogP contribution in [-0.4, -0.2) is 18.1 Å². The zero-order valence-corrected chi connectivity index (χ0v) is 13.6. The summed E-state index contributed by atoms with van der Waals surface area (Å²) >= 11 is 1.63. The topological polar surface area (TPSA) is 39.2 Å². The number of ether oxygens (including phenoxy) is 1. The van der Waals surface area contributed by atoms with Gasteiger partial charge in [-0.25, -0.2) is 9.78 Å². The molecule has 1 aromatic heterocycles. The van der Waals surface area contributed by atoms with E-state index in [1.165, 1.54) is 12.7 Å². The Balaban J connectivity index is 1.99. The quantitative estimate of drug-likeness (QED) is 0.648. The summed E-state index contributed by atoms with van der Waals surface area (Å²) in [5.74, 6) is 0.185. The molecule has 0 spiro atoms. The van der Waals surface area contributed by atoms with Crippen molar-refractivity contribution in [2.75, 3.05) is 7.11 Å². The van der Waals surface area contributed by atoms with E-state index in [1.54, 1.807) is 23.5 Å². The van der Waals surface area contributed by atoms with Crippen molar-refractivity contribution >= 4 is 27.5 Å². The van der Waals surface area contributed by atoms with Crippen LogP contribution < -0.4 is 0 Å². The number of hydrogen-bond donors (Lipinski definition) is 0. The van der Waals surface area contributed by atoms with Crippen LogP contribution >= 0.6 is 11.3 Å². The highest BCUT2D eigenvalue weighted by molar-refractivity contribution is 7.21. The van der Waals surface area contributed by atoms with E-state index in [-0.39, 0.29) is 5.97 Å². The van der Waals surface area contributed by atoms with Gasteiger partial charge in [0.05, 0.1) is 22.9 Å². The Morgan fingerprint density at radius 3 is 2.50 bits per heavy atom. The van der Waals surface area contributed by atoms with E-state index in [1.807, 2.05) is 6.07 Å². The number of rotatable bonds is 3. The van der Waals surface area contributed by atoms with Crippen LogP contribution in [0.4, 0.5) is 0 Å². The zero-order chi connectivity index (χ0) is 15.7. The van der Waals surface area contributed by atoms with Gasteiger partial charge in [0.1, 0.15) is 5.01 Å². The molecule has 0 aliphatic rings. The van der Waals surface area contributed by atoms with E-state index < -0.39 is 0 Å². The maximum Gasteiger partial charge on any atom is 0.337 e. The molecule has 0 aliphatic heterocycles. The lowest BCUT2D eigenvalue weighted by Crippen LogP contribution is -2.00. The van der Waals surface area contributed by atoms with Crippen molar-refractivity contribution in [1.82, 2.24) is 4.98 Å². The molecule has 0 unspecified atom stereocenters. The summed E-state index contributed by atoms with van der Waals surface area (Å²) in [7, 11) is 1.38. The zero-order valence-electron chi connectivity index (χ0n) is 12.8. The predicted molar refractivity (Wildman–Crippen MR) is 90.5 cm³/mol. The average Bonchev–Trinajstić information content (AvgIpc) is 2.97. The van der Waals surface area contributed by atoms with Crippen molar-refractivity contribution in [2.24, 2.45) is 0 Å². The standard InChI is InChI=1S/C18H17NO2S/c1-11(2)12-4-6-13(7-5-12)17-19-15-10-14(18(20)21-3)8-9-16(15)22-17/h4-11H,1-3H3. The van der Waals surface area contributed by atoms with Gasteiger partial charge in [0.2, 0.25) is 0 Å². The molecule has 3 aromatic rings. The number of nitrogens with zero attached hydrogens (tertiary/aromatic N) is 1. The van der Waals surface area contributed by atoms with E-state index >= 15 is 0 Å². The Hall–Kier alpha value is -2.20. The van der Waals surface area contributed by atoms with Crippen LogP contribution in [0.1, 0.15) is 35.7 Å². The van der Waals surface area contributed by atoms with E-state index in [4.69, 9.17) is 4.74 Å². The van der Waals surface area contributed by atoms with Crippen molar-refractivity contribution in [3.8, 4) is 10.6 Å². The summed E-state index contributed by atoms with van der Waals surface area (Å²) in [6, 6.07) is 14.0. The number of hydrogen-bond acceptors (Lipinski definition) is 4. The second-order valence-electron chi connectivity index (χ2n) is 5.47. The largest absolute Gasteiger partial charge is 0.465 e. The van der Waals surface area contributed by atoms with Crippen LogP contribution in [0, 0.1) is 0 Å². The molecule has 112 valence electrons. The molecule has 0 aliphatic carbocycles. The first kappa shape index (κ1) is 14.7. The van der Waals surface area contributed by atoms with Crippen molar-refractivity contribution in [2.45, 2.75) is 19.8 Å². The van der Waals surface area contributed by atoms with Gasteiger partial charge in [0.25, 0.3) is 0 Å². The molecular weight excluding hydrogens is 294 g/mol. The molecule has 0 bridgehead atoms. The Labute approximate surface area is 133 Å². The van der Waals surface area contributed by atoms with Crippen LogP contribution in [0.15, 0.2) is 42.5 Å². The Morgan fingerprint density at radius 2 is 1.86 bits per heavy atom. The molecule has 2 aromatic carbocycles. The van der Waals surface area contributed by atoms with E-state index in [0.717, 1.165) is 20.8 Å². The Kier molecular flexibility index (Phi) is 3.94. The van der Waals surface area contributed by atoms with Crippen LogP contribution in [0.2, 0.25) is 0 Å². The summed E-state index contributed by atoms with van der Waals surface area (Å²) in [5, 5.41) is 0.965. The van der Waals surface area contributed by atoms with Gasteiger partial charge in [-0.15, -0.1) is 11.3 Å². The van der Waals surface area contributed by atoms with E-state index in [2.05, 4.69) is 43.1 Å². The smallest absolute Gasteiger partial charge is 0.337 e. The third-order valence-electron chi connectivity index (χ3n) is 3.63. The summed E-state index contributed by atoms with van der Waals surface area (Å²) in [6.45, 7) is 4.36. The summed E-state index contributed by atoms with van der Waals surface area (Å²) in [5.41, 5.74) is 3.78. The molecule has 3 nitrogen and oxygen atoms in total. The SMILES string of the molecule is COC(=O)c1ccc2sc(-c3ccc(C(C)C)cc3)nc2c1. The average molecular weight is 311 g/mol. The van der Waals surface area contributed by atoms with Gasteiger partial charge in [-0.3, -0.25) is 0 Å². The second-order valence-corrected chi connectivity index (χ2v) is 6.50. The molecule has 0 saturated carbocycles. The Morgan fingerprint density at radius 1 is 1.14 bits per heavy atom. The van der Waals surface area contributed by atoms with Crippen LogP contribution in [0.25, 0.3) is 20.8 Å². The number of fused-ring (bicyclic) bond motifs is 1. The highest BCUT2D eigenvalue weighted by Gasteiger charge is 2.11. The van der Waals surface area contributed by atoms with Crippen molar-refractivity contribution in [3.05, 3.63) is 53.6 Å². The highest BCUT2D eigenvalue weighted by atomic mass is 32.1. The van der Waals surface area contributed by atoms with Gasteiger partial charge in [-0.1, -0.05) is 38.1 Å². The fourth-order valence-electron chi connectivity index (χ4n) is 2.31. The number of methoxy groups -OCH3 is 1. The molecule has 0 atom stereocenters. The molecule has 0 N–H and O–H groups in total. The monoisotopic (exact) mass is 311 g/mol. The third kappa shape index (κ3) is 2.74. The van der Waals surface area contributed by atoms with Gasteiger partial charge < -0.3 is 4.74 Å². The van der Waals surface area contributed by atoms with Crippen LogP contribution in [0.3, 0.4) is 0 Å². The summed E-state index contributed by atoms with van der Waals surface area (Å²) < 4.78 is 5.81. The number of carbonyl (C=O) groups is 1. The molecule has 1 heterocycles. The molecule has 0 radical (unpaired) electrons. The number of esters is 1. The van der Waals surface area contributed by atoms with Gasteiger partial charge in [0, 0.05) is 5.56 Å². The summed E-state index contributed by atoms with van der Waals surface area (Å²) in [6.07, 6.45) is 0. The lowest BCUT2D eigenvalue weighted by Gasteiger charge is -2.05. The second kappa shape index (κ2) is 5.89. The Bertz CT molecular complexity index is 819. The fourth-order valence-corrected chi connectivity index (χ4v) is 3.26. The lowest BCUT2D eigenvalue weighted by molar-refractivity contribution is 0.0601. The van der Waals surface area contributed by atoms with Crippen molar-refractivity contribution in [1.29, 1.82) is 0 Å².